The van der Waals surface area contributed by atoms with Crippen LogP contribution in [0, 0.1) is 0 Å². The summed E-state index contributed by atoms with van der Waals surface area (Å²) in [6.07, 6.45) is -0.0314. The van der Waals surface area contributed by atoms with Crippen LogP contribution >= 0.6 is 0 Å². The average Bonchev–Trinajstić information content (AvgIpc) is 2.64. The second-order valence-electron chi connectivity index (χ2n) is 5.86. The van der Waals surface area contributed by atoms with E-state index in [2.05, 4.69) is 4.98 Å². The van der Waals surface area contributed by atoms with Crippen molar-refractivity contribution >= 4 is 11.0 Å². The van der Waals surface area contributed by atoms with Gasteiger partial charge in [0, 0.05) is 13.5 Å². The Balaban J connectivity index is 2.07. The summed E-state index contributed by atoms with van der Waals surface area (Å²) in [7, 11) is 1.97. The minimum atomic E-state index is -0.533. The summed E-state index contributed by atoms with van der Waals surface area (Å²) in [5.41, 5.74) is 1.82. The fourth-order valence-corrected chi connectivity index (χ4v) is 1.99. The number of aliphatic hydroxyl groups excluding tert-OH is 1. The maximum Gasteiger partial charge on any atom is 0.112 e. The standard InChI is InChI=1S/C15H22N2O2/c1-15(2,3)19-10-11(18)9-14-16-12-7-5-6-8-13(12)17(14)4/h5-8,11,18H,9-10H2,1-4H3. The zero-order valence-electron chi connectivity index (χ0n) is 12.1. The Morgan fingerprint density at radius 3 is 2.63 bits per heavy atom. The number of fused-ring (bicyclic) bond motifs is 1. The lowest BCUT2D eigenvalue weighted by Crippen LogP contribution is -2.28. The number of benzene rings is 1. The molecular weight excluding hydrogens is 240 g/mol. The summed E-state index contributed by atoms with van der Waals surface area (Å²) >= 11 is 0. The van der Waals surface area contributed by atoms with Crippen molar-refractivity contribution < 1.29 is 9.84 Å². The van der Waals surface area contributed by atoms with E-state index in [0.717, 1.165) is 16.9 Å². The van der Waals surface area contributed by atoms with Gasteiger partial charge in [-0.1, -0.05) is 12.1 Å². The number of para-hydroxylation sites is 2. The van der Waals surface area contributed by atoms with E-state index in [1.54, 1.807) is 0 Å². The van der Waals surface area contributed by atoms with E-state index < -0.39 is 6.10 Å². The van der Waals surface area contributed by atoms with Gasteiger partial charge in [0.25, 0.3) is 0 Å². The normalized spacial score (nSPS) is 13.9. The average molecular weight is 262 g/mol. The second kappa shape index (κ2) is 5.31. The quantitative estimate of drug-likeness (QED) is 0.919. The number of imidazole rings is 1. The van der Waals surface area contributed by atoms with Gasteiger partial charge in [0.15, 0.2) is 0 Å². The third-order valence-corrected chi connectivity index (χ3v) is 3.01. The third-order valence-electron chi connectivity index (χ3n) is 3.01. The molecule has 0 radical (unpaired) electrons. The number of aryl methyl sites for hydroxylation is 1. The first-order valence-electron chi connectivity index (χ1n) is 6.59. The molecule has 1 atom stereocenters. The van der Waals surface area contributed by atoms with Crippen molar-refractivity contribution in [3.05, 3.63) is 30.1 Å². The van der Waals surface area contributed by atoms with Crippen LogP contribution in [0.15, 0.2) is 24.3 Å². The molecule has 1 unspecified atom stereocenters. The molecule has 0 saturated carbocycles. The Bertz CT molecular complexity index is 555. The van der Waals surface area contributed by atoms with Crippen LogP contribution in [-0.2, 0) is 18.2 Å². The third kappa shape index (κ3) is 3.55. The molecule has 0 saturated heterocycles. The van der Waals surface area contributed by atoms with E-state index >= 15 is 0 Å². The molecule has 0 bridgehead atoms. The summed E-state index contributed by atoms with van der Waals surface area (Å²) in [4.78, 5) is 4.54. The molecule has 4 nitrogen and oxygen atoms in total. The molecule has 19 heavy (non-hydrogen) atoms. The van der Waals surface area contributed by atoms with Crippen molar-refractivity contribution in [3.63, 3.8) is 0 Å². The smallest absolute Gasteiger partial charge is 0.112 e. The zero-order valence-corrected chi connectivity index (χ0v) is 12.1. The van der Waals surface area contributed by atoms with Crippen LogP contribution in [0.25, 0.3) is 11.0 Å². The Morgan fingerprint density at radius 2 is 2.00 bits per heavy atom. The fourth-order valence-electron chi connectivity index (χ4n) is 1.99. The van der Waals surface area contributed by atoms with Gasteiger partial charge in [0.05, 0.1) is 29.3 Å². The van der Waals surface area contributed by atoms with Crippen LogP contribution in [0.1, 0.15) is 26.6 Å². The van der Waals surface area contributed by atoms with Crippen LogP contribution in [-0.4, -0.2) is 33.0 Å². The molecule has 1 aromatic heterocycles. The number of aromatic nitrogens is 2. The van der Waals surface area contributed by atoms with Crippen molar-refractivity contribution in [1.29, 1.82) is 0 Å². The Labute approximate surface area is 114 Å². The highest BCUT2D eigenvalue weighted by atomic mass is 16.5. The van der Waals surface area contributed by atoms with Gasteiger partial charge in [-0.25, -0.2) is 4.98 Å². The van der Waals surface area contributed by atoms with E-state index in [-0.39, 0.29) is 5.60 Å². The maximum absolute atomic E-state index is 10.0. The van der Waals surface area contributed by atoms with Crippen molar-refractivity contribution in [2.24, 2.45) is 7.05 Å². The lowest BCUT2D eigenvalue weighted by molar-refractivity contribution is -0.0487. The molecule has 0 amide bonds. The Kier molecular flexibility index (Phi) is 3.92. The summed E-state index contributed by atoms with van der Waals surface area (Å²) in [5, 5.41) is 10.0. The largest absolute Gasteiger partial charge is 0.390 e. The van der Waals surface area contributed by atoms with E-state index in [4.69, 9.17) is 4.74 Å². The Morgan fingerprint density at radius 1 is 1.32 bits per heavy atom. The van der Waals surface area contributed by atoms with Crippen LogP contribution in [0.2, 0.25) is 0 Å². The molecule has 0 fully saturated rings. The van der Waals surface area contributed by atoms with Crippen LogP contribution in [0.4, 0.5) is 0 Å². The van der Waals surface area contributed by atoms with Crippen LogP contribution in [0.5, 0.6) is 0 Å². The van der Waals surface area contributed by atoms with Crippen molar-refractivity contribution in [3.8, 4) is 0 Å². The summed E-state index contributed by atoms with van der Waals surface area (Å²) in [6.45, 7) is 6.27. The topological polar surface area (TPSA) is 47.3 Å². The number of aliphatic hydroxyl groups is 1. The molecule has 0 aliphatic carbocycles. The molecule has 2 aromatic rings. The van der Waals surface area contributed by atoms with Crippen molar-refractivity contribution in [2.45, 2.75) is 38.9 Å². The molecule has 4 heteroatoms. The first kappa shape index (κ1) is 14.0. The van der Waals surface area contributed by atoms with Gasteiger partial charge < -0.3 is 14.4 Å². The molecule has 1 N–H and O–H groups in total. The van der Waals surface area contributed by atoms with Crippen molar-refractivity contribution in [2.75, 3.05) is 6.61 Å². The summed E-state index contributed by atoms with van der Waals surface area (Å²) in [5.74, 6) is 0.881. The van der Waals surface area contributed by atoms with Crippen LogP contribution < -0.4 is 0 Å². The molecular formula is C15H22N2O2. The zero-order chi connectivity index (χ0) is 14.0. The summed E-state index contributed by atoms with van der Waals surface area (Å²) in [6, 6.07) is 7.98. The lowest BCUT2D eigenvalue weighted by Gasteiger charge is -2.21. The van der Waals surface area contributed by atoms with Gasteiger partial charge in [-0.15, -0.1) is 0 Å². The number of ether oxygens (including phenoxy) is 1. The van der Waals surface area contributed by atoms with Gasteiger partial charge in [0.2, 0.25) is 0 Å². The second-order valence-corrected chi connectivity index (χ2v) is 5.86. The van der Waals surface area contributed by atoms with E-state index in [9.17, 15) is 5.11 Å². The first-order valence-corrected chi connectivity index (χ1v) is 6.59. The predicted molar refractivity (Wildman–Crippen MR) is 76.1 cm³/mol. The molecule has 0 aliphatic heterocycles. The van der Waals surface area contributed by atoms with Gasteiger partial charge in [0.1, 0.15) is 5.82 Å². The number of hydrogen-bond acceptors (Lipinski definition) is 3. The highest BCUT2D eigenvalue weighted by Crippen LogP contribution is 2.16. The number of rotatable bonds is 4. The van der Waals surface area contributed by atoms with E-state index in [1.807, 2.05) is 56.7 Å². The van der Waals surface area contributed by atoms with Crippen LogP contribution in [0.3, 0.4) is 0 Å². The maximum atomic E-state index is 10.0. The van der Waals surface area contributed by atoms with Gasteiger partial charge in [-0.3, -0.25) is 0 Å². The van der Waals surface area contributed by atoms with E-state index in [0.29, 0.717) is 13.0 Å². The monoisotopic (exact) mass is 262 g/mol. The van der Waals surface area contributed by atoms with E-state index in [1.165, 1.54) is 0 Å². The predicted octanol–water partition coefficient (Wildman–Crippen LogP) is 2.29. The molecule has 2 rings (SSSR count). The molecule has 1 heterocycles. The lowest BCUT2D eigenvalue weighted by atomic mass is 10.2. The molecule has 1 aromatic carbocycles. The van der Waals surface area contributed by atoms with Gasteiger partial charge in [-0.2, -0.15) is 0 Å². The highest BCUT2D eigenvalue weighted by Gasteiger charge is 2.16. The molecule has 104 valence electrons. The number of nitrogens with zero attached hydrogens (tertiary/aromatic N) is 2. The van der Waals surface area contributed by atoms with Crippen molar-refractivity contribution in [1.82, 2.24) is 9.55 Å². The van der Waals surface area contributed by atoms with Gasteiger partial charge in [-0.05, 0) is 32.9 Å². The highest BCUT2D eigenvalue weighted by molar-refractivity contribution is 5.75. The SMILES string of the molecule is Cn1c(CC(O)COC(C)(C)C)nc2ccccc21. The summed E-state index contributed by atoms with van der Waals surface area (Å²) < 4.78 is 7.61. The fraction of sp³-hybridized carbons (Fsp3) is 0.533. The minimum absolute atomic E-state index is 0.229. The van der Waals surface area contributed by atoms with Gasteiger partial charge >= 0.3 is 0 Å². The Hall–Kier alpha value is -1.39. The molecule has 0 spiro atoms. The molecule has 0 aliphatic rings. The minimum Gasteiger partial charge on any atom is -0.390 e. The first-order chi connectivity index (χ1) is 8.87. The number of hydrogen-bond donors (Lipinski definition) is 1.